The van der Waals surface area contributed by atoms with E-state index < -0.39 is 5.60 Å². The molecule has 0 amide bonds. The Hall–Kier alpha value is -0.0800. The quantitative estimate of drug-likeness (QED) is 0.709. The van der Waals surface area contributed by atoms with Gasteiger partial charge in [-0.3, -0.25) is 0 Å². The molecule has 1 rings (SSSR count). The van der Waals surface area contributed by atoms with Crippen molar-refractivity contribution in [2.45, 2.75) is 77.2 Å². The Kier molecular flexibility index (Phi) is 5.26. The average Bonchev–Trinajstić information content (AvgIpc) is 2.41. The van der Waals surface area contributed by atoms with Crippen molar-refractivity contribution in [3.05, 3.63) is 0 Å². The molecule has 0 saturated heterocycles. The number of hydrogen-bond donors (Lipinski definition) is 2. The molecule has 1 saturated carbocycles. The van der Waals surface area contributed by atoms with Crippen LogP contribution in [0.15, 0.2) is 0 Å². The predicted molar refractivity (Wildman–Crippen MR) is 67.4 cm³/mol. The third-order valence-electron chi connectivity index (χ3n) is 4.30. The standard InChI is InChI=1S/C14H28O2/c1-3-6-13(12-15)8-5-9-14(16,7-4-2)11-10-13/h15-16H,3-12H2,1-2H3. The Morgan fingerprint density at radius 2 is 1.62 bits per heavy atom. The van der Waals surface area contributed by atoms with E-state index in [1.165, 1.54) is 0 Å². The van der Waals surface area contributed by atoms with Gasteiger partial charge >= 0.3 is 0 Å². The highest BCUT2D eigenvalue weighted by atomic mass is 16.3. The molecule has 16 heavy (non-hydrogen) atoms. The molecule has 1 fully saturated rings. The highest BCUT2D eigenvalue weighted by molar-refractivity contribution is 4.89. The van der Waals surface area contributed by atoms with Gasteiger partial charge in [0, 0.05) is 6.61 Å². The van der Waals surface area contributed by atoms with E-state index in [0.717, 1.165) is 57.8 Å². The molecular formula is C14H28O2. The zero-order chi connectivity index (χ0) is 12.1. The summed E-state index contributed by atoms with van der Waals surface area (Å²) in [5, 5.41) is 20.1. The summed E-state index contributed by atoms with van der Waals surface area (Å²) in [7, 11) is 0. The summed E-state index contributed by atoms with van der Waals surface area (Å²) in [5.41, 5.74) is -0.341. The maximum Gasteiger partial charge on any atom is 0.0648 e. The highest BCUT2D eigenvalue weighted by Crippen LogP contribution is 2.42. The minimum absolute atomic E-state index is 0.104. The number of aliphatic hydroxyl groups excluding tert-OH is 1. The molecule has 2 atom stereocenters. The van der Waals surface area contributed by atoms with E-state index >= 15 is 0 Å². The lowest BCUT2D eigenvalue weighted by Crippen LogP contribution is -2.29. The average molecular weight is 228 g/mol. The molecule has 0 bridgehead atoms. The van der Waals surface area contributed by atoms with Gasteiger partial charge in [-0.2, -0.15) is 0 Å². The molecular weight excluding hydrogens is 200 g/mol. The number of aliphatic hydroxyl groups is 2. The van der Waals surface area contributed by atoms with Gasteiger partial charge in [-0.1, -0.05) is 26.7 Å². The van der Waals surface area contributed by atoms with Crippen LogP contribution in [0.2, 0.25) is 0 Å². The van der Waals surface area contributed by atoms with Crippen molar-refractivity contribution in [1.29, 1.82) is 0 Å². The van der Waals surface area contributed by atoms with Crippen LogP contribution in [-0.2, 0) is 0 Å². The second-order valence-corrected chi connectivity index (χ2v) is 5.74. The van der Waals surface area contributed by atoms with Gasteiger partial charge in [-0.25, -0.2) is 0 Å². The van der Waals surface area contributed by atoms with Crippen LogP contribution in [0.1, 0.15) is 71.6 Å². The van der Waals surface area contributed by atoms with E-state index in [9.17, 15) is 10.2 Å². The zero-order valence-corrected chi connectivity index (χ0v) is 11.0. The Balaban J connectivity index is 2.62. The van der Waals surface area contributed by atoms with Crippen molar-refractivity contribution in [3.63, 3.8) is 0 Å². The Labute approximate surface area is 100 Å². The largest absolute Gasteiger partial charge is 0.396 e. The van der Waals surface area contributed by atoms with Gasteiger partial charge in [0.05, 0.1) is 5.60 Å². The molecule has 2 N–H and O–H groups in total. The third-order valence-corrected chi connectivity index (χ3v) is 4.30. The van der Waals surface area contributed by atoms with Gasteiger partial charge in [0.25, 0.3) is 0 Å². The second-order valence-electron chi connectivity index (χ2n) is 5.74. The lowest BCUT2D eigenvalue weighted by Gasteiger charge is -2.31. The normalized spacial score (nSPS) is 36.0. The van der Waals surface area contributed by atoms with Gasteiger partial charge in [0.15, 0.2) is 0 Å². The van der Waals surface area contributed by atoms with Gasteiger partial charge in [0.1, 0.15) is 0 Å². The molecule has 0 aromatic carbocycles. The van der Waals surface area contributed by atoms with Crippen LogP contribution in [0.4, 0.5) is 0 Å². The predicted octanol–water partition coefficient (Wildman–Crippen LogP) is 3.26. The van der Waals surface area contributed by atoms with E-state index in [0.29, 0.717) is 6.61 Å². The van der Waals surface area contributed by atoms with Gasteiger partial charge in [0.2, 0.25) is 0 Å². The number of hydrogen-bond acceptors (Lipinski definition) is 2. The van der Waals surface area contributed by atoms with Crippen LogP contribution in [0.3, 0.4) is 0 Å². The molecule has 2 heteroatoms. The maximum atomic E-state index is 10.5. The zero-order valence-electron chi connectivity index (χ0n) is 11.0. The topological polar surface area (TPSA) is 40.5 Å². The van der Waals surface area contributed by atoms with Crippen LogP contribution in [0, 0.1) is 5.41 Å². The van der Waals surface area contributed by atoms with Crippen LogP contribution in [0.5, 0.6) is 0 Å². The summed E-state index contributed by atoms with van der Waals surface area (Å²) >= 11 is 0. The highest BCUT2D eigenvalue weighted by Gasteiger charge is 2.37. The van der Waals surface area contributed by atoms with Gasteiger partial charge < -0.3 is 10.2 Å². The lowest BCUT2D eigenvalue weighted by atomic mass is 9.77. The molecule has 0 aliphatic heterocycles. The molecule has 1 aliphatic rings. The molecule has 0 spiro atoms. The Bertz CT molecular complexity index is 205. The first-order chi connectivity index (χ1) is 7.60. The van der Waals surface area contributed by atoms with E-state index in [1.54, 1.807) is 0 Å². The Morgan fingerprint density at radius 1 is 0.938 bits per heavy atom. The number of rotatable bonds is 5. The van der Waals surface area contributed by atoms with Crippen LogP contribution >= 0.6 is 0 Å². The van der Waals surface area contributed by atoms with E-state index in [-0.39, 0.29) is 5.41 Å². The van der Waals surface area contributed by atoms with E-state index in [2.05, 4.69) is 13.8 Å². The molecule has 0 aromatic rings. The Morgan fingerprint density at radius 3 is 2.19 bits per heavy atom. The van der Waals surface area contributed by atoms with Crippen LogP contribution in [0.25, 0.3) is 0 Å². The van der Waals surface area contributed by atoms with Crippen molar-refractivity contribution in [1.82, 2.24) is 0 Å². The van der Waals surface area contributed by atoms with Crippen molar-refractivity contribution in [2.75, 3.05) is 6.61 Å². The smallest absolute Gasteiger partial charge is 0.0648 e. The lowest BCUT2D eigenvalue weighted by molar-refractivity contribution is 0.00850. The van der Waals surface area contributed by atoms with Crippen molar-refractivity contribution >= 4 is 0 Å². The SMILES string of the molecule is CCCC1(O)CCCC(CO)(CCC)CC1. The van der Waals surface area contributed by atoms with Crippen molar-refractivity contribution in [2.24, 2.45) is 5.41 Å². The van der Waals surface area contributed by atoms with Crippen molar-refractivity contribution in [3.8, 4) is 0 Å². The molecule has 1 aliphatic carbocycles. The summed E-state index contributed by atoms with van der Waals surface area (Å²) in [6.07, 6.45) is 9.15. The first-order valence-electron chi connectivity index (χ1n) is 6.93. The first-order valence-corrected chi connectivity index (χ1v) is 6.93. The fourth-order valence-corrected chi connectivity index (χ4v) is 3.27. The van der Waals surface area contributed by atoms with Crippen LogP contribution < -0.4 is 0 Å². The molecule has 2 nitrogen and oxygen atoms in total. The third kappa shape index (κ3) is 3.46. The molecule has 0 aromatic heterocycles. The van der Waals surface area contributed by atoms with E-state index in [4.69, 9.17) is 0 Å². The van der Waals surface area contributed by atoms with Crippen molar-refractivity contribution < 1.29 is 10.2 Å². The summed E-state index contributed by atoms with van der Waals surface area (Å²) < 4.78 is 0. The summed E-state index contributed by atoms with van der Waals surface area (Å²) in [6.45, 7) is 4.61. The van der Waals surface area contributed by atoms with Gasteiger partial charge in [-0.05, 0) is 50.4 Å². The molecule has 96 valence electrons. The fourth-order valence-electron chi connectivity index (χ4n) is 3.27. The van der Waals surface area contributed by atoms with E-state index in [1.807, 2.05) is 0 Å². The van der Waals surface area contributed by atoms with Gasteiger partial charge in [-0.15, -0.1) is 0 Å². The molecule has 0 radical (unpaired) electrons. The minimum atomic E-state index is -0.445. The monoisotopic (exact) mass is 228 g/mol. The summed E-state index contributed by atoms with van der Waals surface area (Å²) in [6, 6.07) is 0. The maximum absolute atomic E-state index is 10.5. The minimum Gasteiger partial charge on any atom is -0.396 e. The van der Waals surface area contributed by atoms with Crippen LogP contribution in [-0.4, -0.2) is 22.4 Å². The molecule has 2 unspecified atom stereocenters. The molecule has 0 heterocycles. The first kappa shape index (κ1) is 14.0. The summed E-state index contributed by atoms with van der Waals surface area (Å²) in [5.74, 6) is 0. The summed E-state index contributed by atoms with van der Waals surface area (Å²) in [4.78, 5) is 0. The fraction of sp³-hybridized carbons (Fsp3) is 1.00. The second kappa shape index (κ2) is 6.02.